The summed E-state index contributed by atoms with van der Waals surface area (Å²) in [5.41, 5.74) is 8.44. The first-order valence-corrected chi connectivity index (χ1v) is 13.0. The Kier molecular flexibility index (Phi) is 6.23. The Labute approximate surface area is 203 Å². The van der Waals surface area contributed by atoms with Gasteiger partial charge in [-0.15, -0.1) is 0 Å². The molecule has 0 radical (unpaired) electrons. The van der Waals surface area contributed by atoms with Crippen LogP contribution in [-0.4, -0.2) is 52.0 Å². The number of hydrogen-bond acceptors (Lipinski definition) is 8. The molecule has 180 valence electrons. The lowest BCUT2D eigenvalue weighted by atomic mass is 10.1. The molecule has 9 nitrogen and oxygen atoms in total. The summed E-state index contributed by atoms with van der Waals surface area (Å²) in [6, 6.07) is 17.2. The number of nitrogen functional groups attached to an aromatic ring is 1. The lowest BCUT2D eigenvalue weighted by Gasteiger charge is -2.32. The van der Waals surface area contributed by atoms with Crippen molar-refractivity contribution in [3.8, 4) is 22.8 Å². The van der Waals surface area contributed by atoms with E-state index in [2.05, 4.69) is 16.5 Å². The second kappa shape index (κ2) is 9.47. The van der Waals surface area contributed by atoms with Gasteiger partial charge in [-0.05, 0) is 55.8 Å². The van der Waals surface area contributed by atoms with Crippen molar-refractivity contribution in [2.24, 2.45) is 0 Å². The van der Waals surface area contributed by atoms with Crippen molar-refractivity contribution in [1.82, 2.24) is 24.6 Å². The number of benzene rings is 2. The van der Waals surface area contributed by atoms with Crippen molar-refractivity contribution >= 4 is 26.7 Å². The molecule has 35 heavy (non-hydrogen) atoms. The number of anilines is 1. The van der Waals surface area contributed by atoms with E-state index in [0.29, 0.717) is 41.4 Å². The van der Waals surface area contributed by atoms with Crippen molar-refractivity contribution in [3.63, 3.8) is 0 Å². The summed E-state index contributed by atoms with van der Waals surface area (Å²) in [7, 11) is -3.34. The highest BCUT2D eigenvalue weighted by atomic mass is 32.2. The number of para-hydroxylation sites is 1. The lowest BCUT2D eigenvalue weighted by Crippen LogP contribution is -2.39. The number of sulfone groups is 1. The van der Waals surface area contributed by atoms with E-state index >= 15 is 0 Å². The van der Waals surface area contributed by atoms with Gasteiger partial charge in [0.15, 0.2) is 15.5 Å². The van der Waals surface area contributed by atoms with Crippen molar-refractivity contribution in [3.05, 3.63) is 72.9 Å². The van der Waals surface area contributed by atoms with Gasteiger partial charge in [0.05, 0.1) is 11.4 Å². The Morgan fingerprint density at radius 1 is 1.09 bits per heavy atom. The minimum Gasteiger partial charge on any atom is -0.457 e. The van der Waals surface area contributed by atoms with Gasteiger partial charge in [0, 0.05) is 17.5 Å². The Bertz CT molecular complexity index is 1450. The number of nitrogens with zero attached hydrogens (tertiary/aromatic N) is 5. The molecule has 0 amide bonds. The number of likely N-dealkylation sites (tertiary alicyclic amines) is 1. The molecular weight excluding hydrogens is 464 g/mol. The van der Waals surface area contributed by atoms with Crippen LogP contribution in [0.2, 0.25) is 0 Å². The first-order valence-electron chi connectivity index (χ1n) is 11.3. The highest BCUT2D eigenvalue weighted by Gasteiger charge is 2.28. The van der Waals surface area contributed by atoms with E-state index < -0.39 is 9.84 Å². The monoisotopic (exact) mass is 490 g/mol. The fourth-order valence-corrected chi connectivity index (χ4v) is 5.26. The van der Waals surface area contributed by atoms with E-state index in [-0.39, 0.29) is 11.9 Å². The molecule has 5 rings (SSSR count). The molecule has 0 spiro atoms. The number of piperidine rings is 1. The van der Waals surface area contributed by atoms with Crippen LogP contribution in [0.1, 0.15) is 18.9 Å². The minimum atomic E-state index is -3.34. The van der Waals surface area contributed by atoms with E-state index in [1.807, 2.05) is 64.2 Å². The van der Waals surface area contributed by atoms with Gasteiger partial charge in [-0.2, -0.15) is 5.10 Å². The van der Waals surface area contributed by atoms with Crippen LogP contribution >= 0.6 is 0 Å². The normalized spacial score (nSPS) is 16.9. The van der Waals surface area contributed by atoms with Gasteiger partial charge < -0.3 is 10.5 Å². The summed E-state index contributed by atoms with van der Waals surface area (Å²) >= 11 is 0. The number of nitrogens with two attached hydrogens (primary N) is 1. The van der Waals surface area contributed by atoms with Crippen molar-refractivity contribution in [2.75, 3.05) is 24.7 Å². The zero-order valence-electron chi connectivity index (χ0n) is 19.1. The fraction of sp³-hybridized carbons (Fsp3) is 0.240. The molecule has 0 saturated carbocycles. The topological polar surface area (TPSA) is 116 Å². The Balaban J connectivity index is 1.47. The van der Waals surface area contributed by atoms with E-state index in [1.165, 1.54) is 6.33 Å². The molecule has 2 N–H and O–H groups in total. The SMILES string of the molecule is C=CS(=O)(=O)CN1CCCC(n2nc(-c3ccc(Oc4ccccc4)cc3)c3c(N)ncnc32)C1. The molecule has 10 heteroatoms. The molecule has 2 aromatic carbocycles. The van der Waals surface area contributed by atoms with Gasteiger partial charge in [-0.1, -0.05) is 24.8 Å². The van der Waals surface area contributed by atoms with E-state index in [1.54, 1.807) is 0 Å². The van der Waals surface area contributed by atoms with E-state index in [9.17, 15) is 8.42 Å². The zero-order chi connectivity index (χ0) is 24.4. The van der Waals surface area contributed by atoms with Gasteiger partial charge >= 0.3 is 0 Å². The summed E-state index contributed by atoms with van der Waals surface area (Å²) in [6.45, 7) is 4.66. The third-order valence-electron chi connectivity index (χ3n) is 6.07. The second-order valence-corrected chi connectivity index (χ2v) is 10.4. The van der Waals surface area contributed by atoms with Crippen LogP contribution in [0.4, 0.5) is 5.82 Å². The molecule has 1 saturated heterocycles. The molecule has 1 aliphatic heterocycles. The molecule has 1 fully saturated rings. The first kappa shape index (κ1) is 23.0. The van der Waals surface area contributed by atoms with Crippen LogP contribution in [0.3, 0.4) is 0 Å². The van der Waals surface area contributed by atoms with Crippen LogP contribution in [0.5, 0.6) is 11.5 Å². The molecule has 1 aliphatic rings. The van der Waals surface area contributed by atoms with Gasteiger partial charge in [-0.3, -0.25) is 4.90 Å². The second-order valence-electron chi connectivity index (χ2n) is 8.52. The number of hydrogen-bond donors (Lipinski definition) is 1. The maximum Gasteiger partial charge on any atom is 0.184 e. The third kappa shape index (κ3) is 4.89. The summed E-state index contributed by atoms with van der Waals surface area (Å²) in [6.07, 6.45) is 3.13. The van der Waals surface area contributed by atoms with Crippen LogP contribution < -0.4 is 10.5 Å². The molecule has 1 unspecified atom stereocenters. The summed E-state index contributed by atoms with van der Waals surface area (Å²) in [4.78, 5) is 10.6. The molecule has 4 aromatic rings. The predicted octanol–water partition coefficient (Wildman–Crippen LogP) is 4.02. The van der Waals surface area contributed by atoms with Gasteiger partial charge in [0.25, 0.3) is 0 Å². The lowest BCUT2D eigenvalue weighted by molar-refractivity contribution is 0.195. The summed E-state index contributed by atoms with van der Waals surface area (Å²) < 4.78 is 31.9. The quantitative estimate of drug-likeness (QED) is 0.413. The van der Waals surface area contributed by atoms with Gasteiger partial charge in [0.2, 0.25) is 0 Å². The Morgan fingerprint density at radius 2 is 1.83 bits per heavy atom. The Hall–Kier alpha value is -3.76. The van der Waals surface area contributed by atoms with Crippen LogP contribution in [0, 0.1) is 0 Å². The number of ether oxygens (including phenoxy) is 1. The summed E-state index contributed by atoms with van der Waals surface area (Å²) in [5.74, 6) is 1.76. The zero-order valence-corrected chi connectivity index (χ0v) is 19.9. The molecule has 3 heterocycles. The molecule has 0 bridgehead atoms. The predicted molar refractivity (Wildman–Crippen MR) is 136 cm³/mol. The van der Waals surface area contributed by atoms with Crippen molar-refractivity contribution in [1.29, 1.82) is 0 Å². The average molecular weight is 491 g/mol. The molecule has 1 atom stereocenters. The van der Waals surface area contributed by atoms with E-state index in [0.717, 1.165) is 29.6 Å². The number of fused-ring (bicyclic) bond motifs is 1. The minimum absolute atomic E-state index is 0.0463. The van der Waals surface area contributed by atoms with Gasteiger partial charge in [0.1, 0.15) is 35.2 Å². The largest absolute Gasteiger partial charge is 0.457 e. The average Bonchev–Trinajstić information content (AvgIpc) is 3.26. The highest BCUT2D eigenvalue weighted by Crippen LogP contribution is 2.34. The first-order chi connectivity index (χ1) is 16.9. The highest BCUT2D eigenvalue weighted by molar-refractivity contribution is 7.94. The van der Waals surface area contributed by atoms with Gasteiger partial charge in [-0.25, -0.2) is 23.1 Å². The Morgan fingerprint density at radius 3 is 2.57 bits per heavy atom. The van der Waals surface area contributed by atoms with Crippen molar-refractivity contribution < 1.29 is 13.2 Å². The van der Waals surface area contributed by atoms with E-state index in [4.69, 9.17) is 15.6 Å². The standard InChI is InChI=1S/C25H26N6O3S/c1-2-35(32,33)17-30-14-6-7-19(15-30)31-25-22(24(26)27-16-28-25)23(29-31)18-10-12-21(13-11-18)34-20-8-4-3-5-9-20/h2-5,8-13,16,19H,1,6-7,14-15,17H2,(H2,26,27,28). The maximum absolute atomic E-state index is 12.1. The molecule has 2 aromatic heterocycles. The third-order valence-corrected chi connectivity index (χ3v) is 7.30. The van der Waals surface area contributed by atoms with Crippen LogP contribution in [0.15, 0.2) is 72.9 Å². The van der Waals surface area contributed by atoms with Crippen LogP contribution in [0.25, 0.3) is 22.3 Å². The van der Waals surface area contributed by atoms with Crippen molar-refractivity contribution in [2.45, 2.75) is 18.9 Å². The number of rotatable bonds is 7. The van der Waals surface area contributed by atoms with Crippen LogP contribution in [-0.2, 0) is 9.84 Å². The number of aromatic nitrogens is 4. The summed E-state index contributed by atoms with van der Waals surface area (Å²) in [5, 5.41) is 6.60. The smallest absolute Gasteiger partial charge is 0.184 e. The molecule has 0 aliphatic carbocycles. The maximum atomic E-state index is 12.1. The molecular formula is C25H26N6O3S. The fourth-order valence-electron chi connectivity index (χ4n) is 4.41.